The third-order valence-electron chi connectivity index (χ3n) is 3.47. The van der Waals surface area contributed by atoms with Crippen molar-refractivity contribution in [3.8, 4) is 11.8 Å². The Bertz CT molecular complexity index is 1260. The van der Waals surface area contributed by atoms with Crippen molar-refractivity contribution in [2.45, 2.75) is 4.90 Å². The quantitative estimate of drug-likeness (QED) is 0.475. The van der Waals surface area contributed by atoms with Crippen LogP contribution in [0, 0.1) is 11.3 Å². The van der Waals surface area contributed by atoms with E-state index in [4.69, 9.17) is 9.81 Å². The van der Waals surface area contributed by atoms with E-state index in [1.165, 1.54) is 12.1 Å². The minimum atomic E-state index is -4.48. The molecule has 0 atom stereocenters. The number of hydrogen-bond acceptors (Lipinski definition) is 7. The van der Waals surface area contributed by atoms with Gasteiger partial charge >= 0.3 is 0 Å². The number of nitriles is 1. The van der Waals surface area contributed by atoms with Crippen LogP contribution in [0.25, 0.3) is 10.9 Å². The number of hydrogen-bond donors (Lipinski definition) is 3. The van der Waals surface area contributed by atoms with E-state index in [9.17, 15) is 18.3 Å². The highest BCUT2D eigenvalue weighted by atomic mass is 32.2. The molecule has 0 bridgehead atoms. The number of aromatic amines is 1. The lowest BCUT2D eigenvalue weighted by molar-refractivity contribution is 0.480. The molecule has 1 aromatic heterocycles. The van der Waals surface area contributed by atoms with E-state index in [2.05, 4.69) is 15.2 Å². The molecule has 0 fully saturated rings. The fraction of sp³-hybridized carbons (Fsp3) is 0. The van der Waals surface area contributed by atoms with Gasteiger partial charge in [-0.25, -0.2) is 0 Å². The molecule has 2 aromatic carbocycles. The largest absolute Gasteiger partial charge is 0.505 e. The normalized spacial score (nSPS) is 11.7. The van der Waals surface area contributed by atoms with Gasteiger partial charge in [0.2, 0.25) is 0 Å². The van der Waals surface area contributed by atoms with Gasteiger partial charge < -0.3 is 10.1 Å². The van der Waals surface area contributed by atoms with Crippen molar-refractivity contribution in [2.24, 2.45) is 10.2 Å². The maximum Gasteiger partial charge on any atom is 0.294 e. The Balaban J connectivity index is 2.15. The maximum atomic E-state index is 12.1. The summed E-state index contributed by atoms with van der Waals surface area (Å²) in [6.45, 7) is 0. The lowest BCUT2D eigenvalue weighted by atomic mass is 10.2. The van der Waals surface area contributed by atoms with E-state index in [1.807, 2.05) is 6.07 Å². The van der Waals surface area contributed by atoms with Crippen LogP contribution in [0.3, 0.4) is 0 Å². The summed E-state index contributed by atoms with van der Waals surface area (Å²) in [5, 5.41) is 26.6. The van der Waals surface area contributed by atoms with Crippen molar-refractivity contribution in [1.82, 2.24) is 4.98 Å². The molecule has 3 aromatic rings. The first-order valence-corrected chi connectivity index (χ1v) is 8.52. The molecular formula is C16H10N4O5S. The number of pyridine rings is 1. The monoisotopic (exact) mass is 370 g/mol. The third kappa shape index (κ3) is 3.30. The van der Waals surface area contributed by atoms with Crippen molar-refractivity contribution in [1.29, 1.82) is 5.26 Å². The van der Waals surface area contributed by atoms with Gasteiger partial charge in [0, 0.05) is 5.39 Å². The van der Waals surface area contributed by atoms with Gasteiger partial charge in [0.25, 0.3) is 15.7 Å². The van der Waals surface area contributed by atoms with Gasteiger partial charge in [0.05, 0.1) is 27.7 Å². The molecule has 3 rings (SSSR count). The summed E-state index contributed by atoms with van der Waals surface area (Å²) in [5.74, 6) is -0.588. The maximum absolute atomic E-state index is 12.1. The summed E-state index contributed by atoms with van der Waals surface area (Å²) < 4.78 is 31.6. The summed E-state index contributed by atoms with van der Waals surface area (Å²) in [6.07, 6.45) is 0. The Morgan fingerprint density at radius 3 is 2.58 bits per heavy atom. The molecule has 26 heavy (non-hydrogen) atoms. The molecule has 9 nitrogen and oxygen atoms in total. The SMILES string of the molecule is N#Cc1cccc(/N=N/c2c(O)c3cc(S(=O)(=O)O)ccc3[nH]c2=O)c1. The average Bonchev–Trinajstić information content (AvgIpc) is 2.60. The zero-order valence-corrected chi connectivity index (χ0v) is 13.7. The number of aromatic nitrogens is 1. The Labute approximate surface area is 146 Å². The number of fused-ring (bicyclic) bond motifs is 1. The van der Waals surface area contributed by atoms with Crippen LogP contribution >= 0.6 is 0 Å². The summed E-state index contributed by atoms with van der Waals surface area (Å²) in [4.78, 5) is 14.1. The van der Waals surface area contributed by atoms with Crippen LogP contribution < -0.4 is 5.56 Å². The van der Waals surface area contributed by atoms with Gasteiger partial charge in [-0.15, -0.1) is 5.11 Å². The number of nitrogens with zero attached hydrogens (tertiary/aromatic N) is 3. The van der Waals surface area contributed by atoms with E-state index < -0.39 is 32.0 Å². The summed E-state index contributed by atoms with van der Waals surface area (Å²) in [7, 11) is -4.48. The second-order valence-electron chi connectivity index (χ2n) is 5.20. The van der Waals surface area contributed by atoms with Gasteiger partial charge in [-0.1, -0.05) is 6.07 Å². The van der Waals surface area contributed by atoms with Gasteiger partial charge in [-0.3, -0.25) is 9.35 Å². The fourth-order valence-corrected chi connectivity index (χ4v) is 2.75. The second-order valence-corrected chi connectivity index (χ2v) is 6.62. The molecule has 0 radical (unpaired) electrons. The third-order valence-corrected chi connectivity index (χ3v) is 4.32. The lowest BCUT2D eigenvalue weighted by Gasteiger charge is -2.05. The number of nitrogens with one attached hydrogen (secondary N) is 1. The molecule has 0 aliphatic rings. The highest BCUT2D eigenvalue weighted by molar-refractivity contribution is 7.85. The minimum Gasteiger partial charge on any atom is -0.505 e. The molecule has 0 aliphatic heterocycles. The van der Waals surface area contributed by atoms with E-state index >= 15 is 0 Å². The Hall–Kier alpha value is -3.55. The molecule has 130 valence electrons. The highest BCUT2D eigenvalue weighted by Crippen LogP contribution is 2.32. The standard InChI is InChI=1S/C16H10N4O5S/c17-8-9-2-1-3-10(6-9)19-20-14-15(21)12-7-11(26(23,24)25)4-5-13(12)18-16(14)22/h1-7H,(H2,18,21,22)(H,23,24,25)/b20-19+. The molecule has 3 N–H and O–H groups in total. The van der Waals surface area contributed by atoms with Crippen molar-refractivity contribution in [3.63, 3.8) is 0 Å². The first-order chi connectivity index (χ1) is 12.3. The molecule has 1 heterocycles. The number of H-pyrrole nitrogens is 1. The predicted octanol–water partition coefficient (Wildman–Crippen LogP) is 2.77. The van der Waals surface area contributed by atoms with Gasteiger partial charge in [-0.05, 0) is 36.4 Å². The Morgan fingerprint density at radius 1 is 1.12 bits per heavy atom. The summed E-state index contributed by atoms with van der Waals surface area (Å²) >= 11 is 0. The number of rotatable bonds is 3. The molecular weight excluding hydrogens is 360 g/mol. The second kappa shape index (κ2) is 6.40. The average molecular weight is 370 g/mol. The van der Waals surface area contributed by atoms with E-state index in [0.29, 0.717) is 5.56 Å². The molecule has 0 aliphatic carbocycles. The van der Waals surface area contributed by atoms with E-state index in [-0.39, 0.29) is 16.6 Å². The molecule has 0 amide bonds. The van der Waals surface area contributed by atoms with Gasteiger partial charge in [-0.2, -0.15) is 18.8 Å². The van der Waals surface area contributed by atoms with Crippen molar-refractivity contribution in [2.75, 3.05) is 0 Å². The van der Waals surface area contributed by atoms with Crippen LogP contribution in [0.2, 0.25) is 0 Å². The molecule has 0 spiro atoms. The zero-order chi connectivity index (χ0) is 18.9. The van der Waals surface area contributed by atoms with Gasteiger partial charge in [0.15, 0.2) is 11.4 Å². The Morgan fingerprint density at radius 2 is 1.88 bits per heavy atom. The van der Waals surface area contributed by atoms with E-state index in [0.717, 1.165) is 12.1 Å². The number of aromatic hydroxyl groups is 1. The lowest BCUT2D eigenvalue weighted by Crippen LogP contribution is -2.06. The summed E-state index contributed by atoms with van der Waals surface area (Å²) in [5.41, 5.74) is -0.391. The first kappa shape index (κ1) is 17.3. The fourth-order valence-electron chi connectivity index (χ4n) is 2.24. The highest BCUT2D eigenvalue weighted by Gasteiger charge is 2.16. The van der Waals surface area contributed by atoms with Crippen LogP contribution in [0.4, 0.5) is 11.4 Å². The zero-order valence-electron chi connectivity index (χ0n) is 12.9. The molecule has 0 saturated carbocycles. The van der Waals surface area contributed by atoms with Gasteiger partial charge in [0.1, 0.15) is 0 Å². The predicted molar refractivity (Wildman–Crippen MR) is 91.4 cm³/mol. The van der Waals surface area contributed by atoms with Crippen molar-refractivity contribution >= 4 is 32.4 Å². The molecule has 10 heteroatoms. The Kier molecular flexibility index (Phi) is 4.25. The molecule has 0 saturated heterocycles. The van der Waals surface area contributed by atoms with Crippen molar-refractivity contribution in [3.05, 3.63) is 58.4 Å². The van der Waals surface area contributed by atoms with Crippen LogP contribution in [0.1, 0.15) is 5.56 Å². The number of azo groups is 1. The van der Waals surface area contributed by atoms with Crippen LogP contribution in [-0.4, -0.2) is 23.1 Å². The minimum absolute atomic E-state index is 0.0283. The van der Waals surface area contributed by atoms with E-state index in [1.54, 1.807) is 18.2 Å². The summed E-state index contributed by atoms with van der Waals surface area (Å²) in [6, 6.07) is 11.4. The van der Waals surface area contributed by atoms with Crippen LogP contribution in [0.5, 0.6) is 5.75 Å². The smallest absolute Gasteiger partial charge is 0.294 e. The van der Waals surface area contributed by atoms with Crippen LogP contribution in [0.15, 0.2) is 62.4 Å². The van der Waals surface area contributed by atoms with Crippen molar-refractivity contribution < 1.29 is 18.1 Å². The topological polar surface area (TPSA) is 156 Å². The molecule has 0 unspecified atom stereocenters. The number of benzene rings is 2. The van der Waals surface area contributed by atoms with Crippen LogP contribution in [-0.2, 0) is 10.1 Å². The first-order valence-electron chi connectivity index (χ1n) is 7.08.